The van der Waals surface area contributed by atoms with Crippen molar-refractivity contribution >= 4 is 11.0 Å². The van der Waals surface area contributed by atoms with Gasteiger partial charge < -0.3 is 0 Å². The van der Waals surface area contributed by atoms with Gasteiger partial charge in [0.15, 0.2) is 0 Å². The fourth-order valence-corrected chi connectivity index (χ4v) is 2.43. The Morgan fingerprint density at radius 2 is 1.69 bits per heavy atom. The summed E-state index contributed by atoms with van der Waals surface area (Å²) in [5.74, 6) is 0.491. The van der Waals surface area contributed by atoms with Crippen molar-refractivity contribution in [1.82, 2.24) is 4.72 Å². The van der Waals surface area contributed by atoms with Gasteiger partial charge in [0.25, 0.3) is 0 Å². The summed E-state index contributed by atoms with van der Waals surface area (Å²) in [6.07, 6.45) is 3.46. The molecular formula is C13H29NOS. The SMILES string of the molecule is CCCCC(C)(N[S@](=O)C(C)(C)C)C(C)C. The summed E-state index contributed by atoms with van der Waals surface area (Å²) in [7, 11) is -0.981. The second-order valence-electron chi connectivity index (χ2n) is 6.16. The predicted molar refractivity (Wildman–Crippen MR) is 73.8 cm³/mol. The molecule has 0 saturated carbocycles. The summed E-state index contributed by atoms with van der Waals surface area (Å²) >= 11 is 0. The van der Waals surface area contributed by atoms with Gasteiger partial charge in [0.05, 0.1) is 15.7 Å². The van der Waals surface area contributed by atoms with E-state index in [1.54, 1.807) is 0 Å². The first-order valence-corrected chi connectivity index (χ1v) is 7.48. The van der Waals surface area contributed by atoms with Gasteiger partial charge >= 0.3 is 0 Å². The minimum absolute atomic E-state index is 0.0197. The highest BCUT2D eigenvalue weighted by molar-refractivity contribution is 7.84. The zero-order chi connectivity index (χ0) is 13.0. The van der Waals surface area contributed by atoms with Gasteiger partial charge in [-0.05, 0) is 40.0 Å². The maximum Gasteiger partial charge on any atom is 0.0975 e. The molecule has 0 rings (SSSR count). The number of rotatable bonds is 6. The van der Waals surface area contributed by atoms with E-state index in [4.69, 9.17) is 0 Å². The lowest BCUT2D eigenvalue weighted by Gasteiger charge is -2.36. The van der Waals surface area contributed by atoms with Gasteiger partial charge in [0.2, 0.25) is 0 Å². The van der Waals surface area contributed by atoms with Crippen LogP contribution in [0.1, 0.15) is 67.7 Å². The predicted octanol–water partition coefficient (Wildman–Crippen LogP) is 3.64. The number of hydrogen-bond donors (Lipinski definition) is 1. The Morgan fingerprint density at radius 1 is 1.19 bits per heavy atom. The Balaban J connectivity index is 4.62. The molecule has 0 bridgehead atoms. The molecule has 0 amide bonds. The van der Waals surface area contributed by atoms with Gasteiger partial charge in [-0.3, -0.25) is 0 Å². The lowest BCUT2D eigenvalue weighted by atomic mass is 9.85. The van der Waals surface area contributed by atoms with E-state index in [1.165, 1.54) is 12.8 Å². The zero-order valence-corrected chi connectivity index (χ0v) is 12.8. The molecular weight excluding hydrogens is 218 g/mol. The summed E-state index contributed by atoms with van der Waals surface area (Å²) < 4.78 is 15.3. The highest BCUT2D eigenvalue weighted by atomic mass is 32.2. The Labute approximate surface area is 104 Å². The van der Waals surface area contributed by atoms with Gasteiger partial charge in [0.1, 0.15) is 0 Å². The Hall–Kier alpha value is 0.110. The van der Waals surface area contributed by atoms with Crippen LogP contribution in [0.15, 0.2) is 0 Å². The van der Waals surface area contributed by atoms with E-state index in [0.29, 0.717) is 5.92 Å². The Kier molecular flexibility index (Phi) is 6.20. The van der Waals surface area contributed by atoms with Crippen LogP contribution in [0.25, 0.3) is 0 Å². The minimum Gasteiger partial charge on any atom is -0.242 e. The van der Waals surface area contributed by atoms with Crippen LogP contribution in [0.4, 0.5) is 0 Å². The average Bonchev–Trinajstić information content (AvgIpc) is 2.13. The first-order chi connectivity index (χ1) is 7.13. The van der Waals surface area contributed by atoms with E-state index >= 15 is 0 Å². The summed E-state index contributed by atoms with van der Waals surface area (Å²) in [5.41, 5.74) is -0.0197. The third-order valence-electron chi connectivity index (χ3n) is 3.21. The molecule has 0 aromatic heterocycles. The lowest BCUT2D eigenvalue weighted by molar-refractivity contribution is 0.281. The van der Waals surface area contributed by atoms with Gasteiger partial charge in [0, 0.05) is 5.54 Å². The maximum atomic E-state index is 12.1. The van der Waals surface area contributed by atoms with Crippen molar-refractivity contribution in [3.8, 4) is 0 Å². The summed E-state index contributed by atoms with van der Waals surface area (Å²) in [6.45, 7) is 14.8. The number of hydrogen-bond acceptors (Lipinski definition) is 1. The monoisotopic (exact) mass is 247 g/mol. The van der Waals surface area contributed by atoms with Crippen molar-refractivity contribution in [2.75, 3.05) is 0 Å². The molecule has 16 heavy (non-hydrogen) atoms. The Morgan fingerprint density at radius 3 is 2.00 bits per heavy atom. The topological polar surface area (TPSA) is 29.1 Å². The molecule has 2 atom stereocenters. The highest BCUT2D eigenvalue weighted by Crippen LogP contribution is 2.25. The van der Waals surface area contributed by atoms with Crippen LogP contribution >= 0.6 is 0 Å². The van der Waals surface area contributed by atoms with Crippen LogP contribution in [0.3, 0.4) is 0 Å². The van der Waals surface area contributed by atoms with Crippen LogP contribution in [-0.4, -0.2) is 14.5 Å². The molecule has 0 radical (unpaired) electrons. The van der Waals surface area contributed by atoms with Gasteiger partial charge in [-0.1, -0.05) is 33.6 Å². The molecule has 0 heterocycles. The highest BCUT2D eigenvalue weighted by Gasteiger charge is 2.32. The molecule has 0 fully saturated rings. The van der Waals surface area contributed by atoms with Crippen LogP contribution in [0, 0.1) is 5.92 Å². The second-order valence-corrected chi connectivity index (χ2v) is 8.13. The molecule has 0 aromatic carbocycles. The van der Waals surface area contributed by atoms with E-state index in [2.05, 4.69) is 32.4 Å². The van der Waals surface area contributed by atoms with E-state index in [1.807, 2.05) is 20.8 Å². The molecule has 1 unspecified atom stereocenters. The summed E-state index contributed by atoms with van der Waals surface area (Å²) in [5, 5.41) is 0. The largest absolute Gasteiger partial charge is 0.242 e. The standard InChI is InChI=1S/C13H29NOS/c1-8-9-10-13(7,11(2)3)14-16(15)12(4,5)6/h11,14H,8-10H2,1-7H3/t13?,16-/m1/s1. The third-order valence-corrected chi connectivity index (χ3v) is 4.97. The van der Waals surface area contributed by atoms with E-state index in [9.17, 15) is 4.21 Å². The number of nitrogens with one attached hydrogen (secondary N) is 1. The number of unbranched alkanes of at least 4 members (excludes halogenated alkanes) is 1. The Bertz CT molecular complexity index is 233. The van der Waals surface area contributed by atoms with Gasteiger partial charge in [-0.15, -0.1) is 0 Å². The van der Waals surface area contributed by atoms with Crippen molar-refractivity contribution in [2.24, 2.45) is 5.92 Å². The average molecular weight is 247 g/mol. The van der Waals surface area contributed by atoms with Crippen LogP contribution in [0.5, 0.6) is 0 Å². The minimum atomic E-state index is -0.981. The van der Waals surface area contributed by atoms with Crippen LogP contribution in [-0.2, 0) is 11.0 Å². The van der Waals surface area contributed by atoms with Crippen molar-refractivity contribution in [1.29, 1.82) is 0 Å². The molecule has 2 nitrogen and oxygen atoms in total. The molecule has 0 spiro atoms. The molecule has 0 aliphatic carbocycles. The smallest absolute Gasteiger partial charge is 0.0975 e. The second kappa shape index (κ2) is 6.15. The molecule has 98 valence electrons. The summed E-state index contributed by atoms with van der Waals surface area (Å²) in [6, 6.07) is 0. The van der Waals surface area contributed by atoms with Crippen LogP contribution in [0.2, 0.25) is 0 Å². The molecule has 0 saturated heterocycles. The first-order valence-electron chi connectivity index (χ1n) is 6.33. The van der Waals surface area contributed by atoms with Crippen LogP contribution < -0.4 is 4.72 Å². The molecule has 1 N–H and O–H groups in total. The zero-order valence-electron chi connectivity index (χ0n) is 12.0. The van der Waals surface area contributed by atoms with Crippen molar-refractivity contribution in [3.05, 3.63) is 0 Å². The van der Waals surface area contributed by atoms with E-state index < -0.39 is 11.0 Å². The molecule has 0 aromatic rings. The molecule has 0 aliphatic heterocycles. The normalized spacial score (nSPS) is 18.5. The van der Waals surface area contributed by atoms with Gasteiger partial charge in [-0.2, -0.15) is 0 Å². The maximum absolute atomic E-state index is 12.1. The quantitative estimate of drug-likeness (QED) is 0.763. The van der Waals surface area contributed by atoms with Crippen molar-refractivity contribution in [3.63, 3.8) is 0 Å². The van der Waals surface area contributed by atoms with E-state index in [-0.39, 0.29) is 10.3 Å². The van der Waals surface area contributed by atoms with Crippen molar-refractivity contribution in [2.45, 2.75) is 78.0 Å². The van der Waals surface area contributed by atoms with Gasteiger partial charge in [-0.25, -0.2) is 8.93 Å². The molecule has 3 heteroatoms. The fraction of sp³-hybridized carbons (Fsp3) is 1.00. The third kappa shape index (κ3) is 4.96. The fourth-order valence-electron chi connectivity index (χ4n) is 1.37. The lowest BCUT2D eigenvalue weighted by Crippen LogP contribution is -2.51. The summed E-state index contributed by atoms with van der Waals surface area (Å²) in [4.78, 5) is 0. The first kappa shape index (κ1) is 16.1. The van der Waals surface area contributed by atoms with Crippen molar-refractivity contribution < 1.29 is 4.21 Å². The molecule has 0 aliphatic rings. The van der Waals surface area contributed by atoms with E-state index in [0.717, 1.165) is 6.42 Å².